The maximum atomic E-state index is 13.0. The first-order valence-corrected chi connectivity index (χ1v) is 13.0. The summed E-state index contributed by atoms with van der Waals surface area (Å²) in [5, 5.41) is 3.03. The molecule has 2 aromatic rings. The van der Waals surface area contributed by atoms with Crippen LogP contribution in [-0.4, -0.2) is 57.5 Å². The van der Waals surface area contributed by atoms with E-state index in [4.69, 9.17) is 9.47 Å². The number of hydrogen-bond acceptors (Lipinski definition) is 6. The molecule has 1 atom stereocenters. The fourth-order valence-electron chi connectivity index (χ4n) is 4.19. The number of amides is 2. The lowest BCUT2D eigenvalue weighted by molar-refractivity contribution is -0.126. The second-order valence-corrected chi connectivity index (χ2v) is 10.5. The Morgan fingerprint density at radius 2 is 1.68 bits per heavy atom. The van der Waals surface area contributed by atoms with E-state index in [1.807, 2.05) is 0 Å². The van der Waals surface area contributed by atoms with Gasteiger partial charge >= 0.3 is 0 Å². The van der Waals surface area contributed by atoms with Gasteiger partial charge in [-0.2, -0.15) is 0 Å². The number of sulfonamides is 1. The molecule has 5 rings (SSSR count). The van der Waals surface area contributed by atoms with Gasteiger partial charge in [0, 0.05) is 36.4 Å². The molecule has 34 heavy (non-hydrogen) atoms. The van der Waals surface area contributed by atoms with E-state index in [9.17, 15) is 18.0 Å². The molecule has 0 aromatic heterocycles. The van der Waals surface area contributed by atoms with Crippen LogP contribution in [-0.2, 0) is 14.8 Å². The summed E-state index contributed by atoms with van der Waals surface area (Å²) >= 11 is 0. The van der Waals surface area contributed by atoms with E-state index in [-0.39, 0.29) is 22.6 Å². The zero-order valence-electron chi connectivity index (χ0n) is 18.7. The summed E-state index contributed by atoms with van der Waals surface area (Å²) in [6.07, 6.45) is 3.63. The molecule has 0 radical (unpaired) electrons. The first kappa shape index (κ1) is 22.5. The number of hydrogen-bond donors (Lipinski definition) is 2. The van der Waals surface area contributed by atoms with Gasteiger partial charge in [-0.1, -0.05) is 0 Å². The molecule has 0 spiro atoms. The van der Waals surface area contributed by atoms with Gasteiger partial charge in [-0.15, -0.1) is 0 Å². The third-order valence-corrected chi connectivity index (χ3v) is 7.59. The van der Waals surface area contributed by atoms with Crippen molar-refractivity contribution in [3.05, 3.63) is 48.0 Å². The average molecular weight is 486 g/mol. The molecule has 3 aliphatic rings. The summed E-state index contributed by atoms with van der Waals surface area (Å²) in [7, 11) is -3.85. The lowest BCUT2D eigenvalue weighted by Gasteiger charge is -2.32. The smallest absolute Gasteiger partial charge is 0.262 e. The van der Waals surface area contributed by atoms with Crippen LogP contribution in [0.3, 0.4) is 0 Å². The summed E-state index contributed by atoms with van der Waals surface area (Å²) in [6, 6.07) is 11.1. The zero-order chi connectivity index (χ0) is 23.7. The predicted molar refractivity (Wildman–Crippen MR) is 124 cm³/mol. The highest BCUT2D eigenvalue weighted by Crippen LogP contribution is 2.33. The van der Waals surface area contributed by atoms with E-state index in [1.165, 1.54) is 12.1 Å². The van der Waals surface area contributed by atoms with Crippen LogP contribution in [0.25, 0.3) is 0 Å². The van der Waals surface area contributed by atoms with Crippen molar-refractivity contribution in [3.8, 4) is 11.5 Å². The van der Waals surface area contributed by atoms with E-state index < -0.39 is 10.0 Å². The Labute approximate surface area is 198 Å². The molecule has 1 aliphatic carbocycles. The van der Waals surface area contributed by atoms with E-state index >= 15 is 0 Å². The van der Waals surface area contributed by atoms with Gasteiger partial charge in [0.05, 0.1) is 10.8 Å². The molecule has 180 valence electrons. The molecule has 0 bridgehead atoms. The van der Waals surface area contributed by atoms with E-state index in [0.29, 0.717) is 55.1 Å². The van der Waals surface area contributed by atoms with Gasteiger partial charge < -0.3 is 19.7 Å². The summed E-state index contributed by atoms with van der Waals surface area (Å²) in [4.78, 5) is 27.1. The second kappa shape index (κ2) is 9.17. The van der Waals surface area contributed by atoms with Gasteiger partial charge in [0.1, 0.15) is 13.2 Å². The number of benzene rings is 2. The van der Waals surface area contributed by atoms with E-state index in [2.05, 4.69) is 10.0 Å². The van der Waals surface area contributed by atoms with Crippen LogP contribution >= 0.6 is 0 Å². The molecule has 9 nitrogen and oxygen atoms in total. The molecular formula is C24H27N3O6S. The normalized spacial score (nSPS) is 19.9. The minimum Gasteiger partial charge on any atom is -0.486 e. The Hall–Kier alpha value is -3.27. The Balaban J connectivity index is 1.23. The number of likely N-dealkylation sites (tertiary alicyclic amines) is 1. The fourth-order valence-corrected chi connectivity index (χ4v) is 5.26. The van der Waals surface area contributed by atoms with Crippen LogP contribution in [0.5, 0.6) is 11.5 Å². The van der Waals surface area contributed by atoms with E-state index in [0.717, 1.165) is 25.7 Å². The SMILES string of the molecule is O=C(NC1CC1)C1CCCN(C(=O)c2ccc(NS(=O)(=O)c3ccc4c(c3)OCCO4)cc2)C1. The van der Waals surface area contributed by atoms with Crippen molar-refractivity contribution < 1.29 is 27.5 Å². The molecule has 2 heterocycles. The van der Waals surface area contributed by atoms with Crippen LogP contribution in [0.15, 0.2) is 47.4 Å². The van der Waals surface area contributed by atoms with Gasteiger partial charge in [0.25, 0.3) is 15.9 Å². The molecular weight excluding hydrogens is 458 g/mol. The molecule has 2 fully saturated rings. The molecule has 2 aromatic carbocycles. The number of rotatable bonds is 6. The lowest BCUT2D eigenvalue weighted by Crippen LogP contribution is -2.45. The first-order chi connectivity index (χ1) is 16.4. The van der Waals surface area contributed by atoms with Crippen LogP contribution in [0.2, 0.25) is 0 Å². The second-order valence-electron chi connectivity index (χ2n) is 8.86. The number of carbonyl (C=O) groups is 2. The minimum atomic E-state index is -3.85. The summed E-state index contributed by atoms with van der Waals surface area (Å²) < 4.78 is 39.1. The van der Waals surface area contributed by atoms with Crippen molar-refractivity contribution in [2.45, 2.75) is 36.6 Å². The quantitative estimate of drug-likeness (QED) is 0.650. The van der Waals surface area contributed by atoms with Crippen LogP contribution < -0.4 is 19.5 Å². The van der Waals surface area contributed by atoms with Gasteiger partial charge in [0.2, 0.25) is 5.91 Å². The molecule has 2 amide bonds. The van der Waals surface area contributed by atoms with Gasteiger partial charge in [0.15, 0.2) is 11.5 Å². The lowest BCUT2D eigenvalue weighted by atomic mass is 9.96. The zero-order valence-corrected chi connectivity index (χ0v) is 19.5. The van der Waals surface area contributed by atoms with Crippen molar-refractivity contribution in [3.63, 3.8) is 0 Å². The molecule has 1 saturated heterocycles. The maximum Gasteiger partial charge on any atom is 0.262 e. The number of nitrogens with one attached hydrogen (secondary N) is 2. The van der Waals surface area contributed by atoms with Gasteiger partial charge in [-0.05, 0) is 62.1 Å². The number of ether oxygens (including phenoxy) is 2. The highest BCUT2D eigenvalue weighted by molar-refractivity contribution is 7.92. The Morgan fingerprint density at radius 1 is 0.941 bits per heavy atom. The van der Waals surface area contributed by atoms with Gasteiger partial charge in [-0.25, -0.2) is 8.42 Å². The van der Waals surface area contributed by atoms with Crippen LogP contribution in [0, 0.1) is 5.92 Å². The highest BCUT2D eigenvalue weighted by Gasteiger charge is 2.32. The monoisotopic (exact) mass is 485 g/mol. The first-order valence-electron chi connectivity index (χ1n) is 11.5. The number of nitrogens with zero attached hydrogens (tertiary/aromatic N) is 1. The van der Waals surface area contributed by atoms with Gasteiger partial charge in [-0.3, -0.25) is 14.3 Å². The highest BCUT2D eigenvalue weighted by atomic mass is 32.2. The van der Waals surface area contributed by atoms with Crippen molar-refractivity contribution in [2.24, 2.45) is 5.92 Å². The van der Waals surface area contributed by atoms with Crippen molar-refractivity contribution in [2.75, 3.05) is 31.0 Å². The average Bonchev–Trinajstić information content (AvgIpc) is 3.67. The number of anilines is 1. The Kier molecular flexibility index (Phi) is 6.07. The third kappa shape index (κ3) is 4.96. The number of piperidine rings is 1. The maximum absolute atomic E-state index is 13.0. The molecule has 10 heteroatoms. The van der Waals surface area contributed by atoms with Crippen molar-refractivity contribution in [1.29, 1.82) is 0 Å². The summed E-state index contributed by atoms with van der Waals surface area (Å²) in [6.45, 7) is 1.79. The predicted octanol–water partition coefficient (Wildman–Crippen LogP) is 2.39. The molecule has 2 N–H and O–H groups in total. The number of fused-ring (bicyclic) bond motifs is 1. The molecule has 1 unspecified atom stereocenters. The van der Waals surface area contributed by atoms with Crippen molar-refractivity contribution >= 4 is 27.5 Å². The molecule has 1 saturated carbocycles. The molecule has 2 aliphatic heterocycles. The Morgan fingerprint density at radius 3 is 2.41 bits per heavy atom. The standard InChI is InChI=1S/C24H27N3O6S/c28-23(25-18-7-8-18)17-2-1-11-27(15-17)24(29)16-3-5-19(6-4-16)26-34(30,31)20-9-10-21-22(14-20)33-13-12-32-21/h3-6,9-10,14,17-18,26H,1-2,7-8,11-13,15H2,(H,25,28). The van der Waals surface area contributed by atoms with E-state index in [1.54, 1.807) is 35.2 Å². The van der Waals surface area contributed by atoms with Crippen LogP contribution in [0.1, 0.15) is 36.0 Å². The largest absolute Gasteiger partial charge is 0.486 e. The summed E-state index contributed by atoms with van der Waals surface area (Å²) in [5.74, 6) is 0.586. The fraction of sp³-hybridized carbons (Fsp3) is 0.417. The third-order valence-electron chi connectivity index (χ3n) is 6.21. The number of carbonyl (C=O) groups excluding carboxylic acids is 2. The van der Waals surface area contributed by atoms with Crippen molar-refractivity contribution in [1.82, 2.24) is 10.2 Å². The Bertz CT molecular complexity index is 1190. The topological polar surface area (TPSA) is 114 Å². The summed E-state index contributed by atoms with van der Waals surface area (Å²) in [5.41, 5.74) is 0.789. The van der Waals surface area contributed by atoms with Crippen LogP contribution in [0.4, 0.5) is 5.69 Å². The minimum absolute atomic E-state index is 0.0314.